The first-order valence-electron chi connectivity index (χ1n) is 6.11. The number of hydrogen-bond acceptors (Lipinski definition) is 3. The highest BCUT2D eigenvalue weighted by Crippen LogP contribution is 2.36. The Balaban J connectivity index is 2.53. The number of primary amides is 1. The van der Waals surface area contributed by atoms with Crippen LogP contribution in [0.25, 0.3) is 10.4 Å². The number of halogens is 2. The quantitative estimate of drug-likeness (QED) is 0.934. The molecule has 2 N–H and O–H groups in total. The van der Waals surface area contributed by atoms with Crippen LogP contribution in [-0.4, -0.2) is 10.9 Å². The van der Waals surface area contributed by atoms with Crippen molar-refractivity contribution in [3.8, 4) is 10.4 Å². The largest absolute Gasteiger partial charge is 0.369 e. The number of carbonyl (C=O) groups is 1. The van der Waals surface area contributed by atoms with Crippen molar-refractivity contribution in [1.82, 2.24) is 4.98 Å². The predicted molar refractivity (Wildman–Crippen MR) is 79.5 cm³/mol. The number of rotatable bonds is 4. The Hall–Kier alpha value is -1.46. The third-order valence-corrected chi connectivity index (χ3v) is 4.09. The molecule has 0 radical (unpaired) electrons. The molecule has 0 atom stereocenters. The summed E-state index contributed by atoms with van der Waals surface area (Å²) in [6.45, 7) is 3.95. The molecule has 0 bridgehead atoms. The Morgan fingerprint density at radius 2 is 2.20 bits per heavy atom. The van der Waals surface area contributed by atoms with Crippen molar-refractivity contribution in [1.29, 1.82) is 0 Å². The van der Waals surface area contributed by atoms with Gasteiger partial charge in [-0.2, -0.15) is 0 Å². The number of nitrogens with two attached hydrogens (primary N) is 1. The van der Waals surface area contributed by atoms with Crippen molar-refractivity contribution in [3.63, 3.8) is 0 Å². The summed E-state index contributed by atoms with van der Waals surface area (Å²) in [5, 5.41) is 0.949. The van der Waals surface area contributed by atoms with Crippen LogP contribution in [0, 0.1) is 5.82 Å². The minimum Gasteiger partial charge on any atom is -0.369 e. The molecule has 106 valence electrons. The number of hydrogen-bond donors (Lipinski definition) is 1. The SMILES string of the molecule is CC(C)c1nc(CC(N)=O)sc1-c1ccc(Cl)cc1F. The van der Waals surface area contributed by atoms with Crippen molar-refractivity contribution in [3.05, 3.63) is 39.7 Å². The van der Waals surface area contributed by atoms with Crippen LogP contribution in [0.4, 0.5) is 4.39 Å². The molecular weight excluding hydrogens is 299 g/mol. The highest BCUT2D eigenvalue weighted by atomic mass is 35.5. The molecule has 0 aliphatic rings. The summed E-state index contributed by atoms with van der Waals surface area (Å²) in [6.07, 6.45) is 0.0690. The highest BCUT2D eigenvalue weighted by Gasteiger charge is 2.19. The Morgan fingerprint density at radius 1 is 1.50 bits per heavy atom. The lowest BCUT2D eigenvalue weighted by molar-refractivity contribution is -0.117. The van der Waals surface area contributed by atoms with E-state index in [1.165, 1.54) is 17.4 Å². The summed E-state index contributed by atoms with van der Waals surface area (Å²) < 4.78 is 14.1. The van der Waals surface area contributed by atoms with Gasteiger partial charge >= 0.3 is 0 Å². The molecule has 0 aliphatic heterocycles. The predicted octanol–water partition coefficient (Wildman–Crippen LogP) is 3.75. The summed E-state index contributed by atoms with van der Waals surface area (Å²) in [6, 6.07) is 4.54. The van der Waals surface area contributed by atoms with Gasteiger partial charge in [0.05, 0.1) is 17.0 Å². The second-order valence-electron chi connectivity index (χ2n) is 4.74. The molecule has 0 fully saturated rings. The number of nitrogens with zero attached hydrogens (tertiary/aromatic N) is 1. The molecule has 1 aromatic heterocycles. The van der Waals surface area contributed by atoms with Crippen LogP contribution in [-0.2, 0) is 11.2 Å². The van der Waals surface area contributed by atoms with Crippen LogP contribution in [0.2, 0.25) is 5.02 Å². The third kappa shape index (κ3) is 3.16. The molecule has 20 heavy (non-hydrogen) atoms. The molecule has 1 amide bonds. The van der Waals surface area contributed by atoms with Crippen LogP contribution < -0.4 is 5.73 Å². The first kappa shape index (κ1) is 14.9. The summed E-state index contributed by atoms with van der Waals surface area (Å²) in [5.74, 6) is -0.719. The third-order valence-electron chi connectivity index (χ3n) is 2.75. The molecule has 3 nitrogen and oxygen atoms in total. The van der Waals surface area contributed by atoms with E-state index in [1.807, 2.05) is 13.8 Å². The number of amides is 1. The van der Waals surface area contributed by atoms with E-state index in [-0.39, 0.29) is 12.3 Å². The van der Waals surface area contributed by atoms with Crippen molar-refractivity contribution < 1.29 is 9.18 Å². The van der Waals surface area contributed by atoms with Crippen LogP contribution in [0.1, 0.15) is 30.5 Å². The minimum absolute atomic E-state index is 0.0690. The van der Waals surface area contributed by atoms with E-state index < -0.39 is 11.7 Å². The van der Waals surface area contributed by atoms with E-state index in [4.69, 9.17) is 17.3 Å². The Morgan fingerprint density at radius 3 is 2.75 bits per heavy atom. The van der Waals surface area contributed by atoms with E-state index in [0.29, 0.717) is 15.6 Å². The smallest absolute Gasteiger partial charge is 0.224 e. The first-order chi connectivity index (χ1) is 9.38. The lowest BCUT2D eigenvalue weighted by atomic mass is 10.0. The average molecular weight is 313 g/mol. The maximum absolute atomic E-state index is 14.1. The number of carbonyl (C=O) groups excluding carboxylic acids is 1. The van der Waals surface area contributed by atoms with Gasteiger partial charge in [0.15, 0.2) is 0 Å². The summed E-state index contributed by atoms with van der Waals surface area (Å²) in [4.78, 5) is 16.1. The van der Waals surface area contributed by atoms with E-state index in [2.05, 4.69) is 4.98 Å². The molecular formula is C14H14ClFN2OS. The molecule has 1 aromatic carbocycles. The fraction of sp³-hybridized carbons (Fsp3) is 0.286. The lowest BCUT2D eigenvalue weighted by Gasteiger charge is -2.06. The number of benzene rings is 1. The second-order valence-corrected chi connectivity index (χ2v) is 6.26. The van der Waals surface area contributed by atoms with Gasteiger partial charge in [0.1, 0.15) is 10.8 Å². The maximum atomic E-state index is 14.1. The fourth-order valence-electron chi connectivity index (χ4n) is 1.86. The van der Waals surface area contributed by atoms with E-state index >= 15 is 0 Å². The van der Waals surface area contributed by atoms with Gasteiger partial charge in [0, 0.05) is 10.6 Å². The van der Waals surface area contributed by atoms with Gasteiger partial charge in [-0.15, -0.1) is 11.3 Å². The second kappa shape index (κ2) is 5.89. The van der Waals surface area contributed by atoms with Gasteiger partial charge in [-0.1, -0.05) is 25.4 Å². The number of aromatic nitrogens is 1. The fourth-order valence-corrected chi connectivity index (χ4v) is 3.27. The summed E-state index contributed by atoms with van der Waals surface area (Å²) in [7, 11) is 0. The molecule has 1 heterocycles. The Labute approximate surface area is 125 Å². The lowest BCUT2D eigenvalue weighted by Crippen LogP contribution is -2.13. The highest BCUT2D eigenvalue weighted by molar-refractivity contribution is 7.15. The topological polar surface area (TPSA) is 56.0 Å². The van der Waals surface area contributed by atoms with Gasteiger partial charge in [-0.3, -0.25) is 4.79 Å². The van der Waals surface area contributed by atoms with Gasteiger partial charge < -0.3 is 5.73 Å². The molecule has 2 aromatic rings. The minimum atomic E-state index is -0.447. The van der Waals surface area contributed by atoms with E-state index in [9.17, 15) is 9.18 Å². The van der Waals surface area contributed by atoms with Crippen LogP contribution in [0.5, 0.6) is 0 Å². The average Bonchev–Trinajstić information content (AvgIpc) is 2.71. The normalized spacial score (nSPS) is 11.1. The molecule has 2 rings (SSSR count). The van der Waals surface area contributed by atoms with Crippen LogP contribution in [0.15, 0.2) is 18.2 Å². The Kier molecular flexibility index (Phi) is 4.40. The van der Waals surface area contributed by atoms with Crippen molar-refractivity contribution in [2.24, 2.45) is 5.73 Å². The van der Waals surface area contributed by atoms with Gasteiger partial charge in [0.25, 0.3) is 0 Å². The molecule has 0 aliphatic carbocycles. The van der Waals surface area contributed by atoms with Crippen molar-refractivity contribution in [2.75, 3.05) is 0 Å². The van der Waals surface area contributed by atoms with Gasteiger partial charge in [0.2, 0.25) is 5.91 Å². The van der Waals surface area contributed by atoms with Crippen LogP contribution >= 0.6 is 22.9 Å². The molecule has 0 saturated carbocycles. The molecule has 0 unspecified atom stereocenters. The molecule has 0 saturated heterocycles. The Bertz CT molecular complexity index is 655. The van der Waals surface area contributed by atoms with Crippen LogP contribution in [0.3, 0.4) is 0 Å². The molecule has 0 spiro atoms. The zero-order valence-electron chi connectivity index (χ0n) is 11.1. The standard InChI is InChI=1S/C14H14ClFN2OS/c1-7(2)13-14(20-12(18-13)6-11(17)19)9-4-3-8(15)5-10(9)16/h3-5,7H,6H2,1-2H3,(H2,17,19). The van der Waals surface area contributed by atoms with Gasteiger partial charge in [-0.25, -0.2) is 9.37 Å². The summed E-state index contributed by atoms with van der Waals surface area (Å²) in [5.41, 5.74) is 6.41. The first-order valence-corrected chi connectivity index (χ1v) is 7.31. The molecule has 6 heteroatoms. The van der Waals surface area contributed by atoms with E-state index in [1.54, 1.807) is 12.1 Å². The summed E-state index contributed by atoms with van der Waals surface area (Å²) >= 11 is 7.06. The van der Waals surface area contributed by atoms with Gasteiger partial charge in [-0.05, 0) is 24.1 Å². The van der Waals surface area contributed by atoms with Crippen molar-refractivity contribution in [2.45, 2.75) is 26.2 Å². The van der Waals surface area contributed by atoms with Crippen molar-refractivity contribution >= 4 is 28.8 Å². The zero-order valence-corrected chi connectivity index (χ0v) is 12.7. The maximum Gasteiger partial charge on any atom is 0.224 e. The zero-order chi connectivity index (χ0) is 14.9. The van der Waals surface area contributed by atoms with E-state index in [0.717, 1.165) is 10.6 Å². The monoisotopic (exact) mass is 312 g/mol. The number of thiazole rings is 1.